The number of carboxylic acid groups (broad SMARTS) is 1. The van der Waals surface area contributed by atoms with E-state index in [9.17, 15) is 9.59 Å². The van der Waals surface area contributed by atoms with Gasteiger partial charge in [0.25, 0.3) is 0 Å². The minimum atomic E-state index is -0.964. The molecule has 1 aliphatic rings. The Balaban J connectivity index is 2.02. The number of carbonyl (C=O) groups is 2. The fourth-order valence-corrected chi connectivity index (χ4v) is 2.89. The van der Waals surface area contributed by atoms with E-state index in [1.807, 2.05) is 0 Å². The van der Waals surface area contributed by atoms with Crippen LogP contribution in [-0.4, -0.2) is 73.2 Å². The number of hydrogen-bond donors (Lipinski definition) is 2. The molecule has 0 aliphatic carbocycles. The third-order valence-electron chi connectivity index (χ3n) is 2.84. The lowest BCUT2D eigenvalue weighted by atomic mass is 10.3. The summed E-state index contributed by atoms with van der Waals surface area (Å²) in [7, 11) is 1.62. The van der Waals surface area contributed by atoms with Gasteiger partial charge in [-0.1, -0.05) is 0 Å². The van der Waals surface area contributed by atoms with Crippen molar-refractivity contribution in [1.29, 1.82) is 0 Å². The number of carbonyl (C=O) groups excluding carboxylic acids is 1. The highest BCUT2D eigenvalue weighted by Crippen LogP contribution is 2.18. The topological polar surface area (TPSA) is 102 Å². The molecule has 1 atom stereocenters. The Labute approximate surface area is 114 Å². The summed E-state index contributed by atoms with van der Waals surface area (Å²) < 4.78 is 0. The summed E-state index contributed by atoms with van der Waals surface area (Å²) >= 11 is 1.55. The summed E-state index contributed by atoms with van der Waals surface area (Å²) in [6.45, 7) is 0.718. The van der Waals surface area contributed by atoms with E-state index >= 15 is 0 Å². The zero-order chi connectivity index (χ0) is 13.8. The fraction of sp³-hybridized carbons (Fsp3) is 0.600. The molecule has 0 radical (unpaired) electrons. The van der Waals surface area contributed by atoms with Crippen molar-refractivity contribution in [2.75, 3.05) is 25.1 Å². The molecule has 0 spiro atoms. The van der Waals surface area contributed by atoms with Gasteiger partial charge >= 0.3 is 12.0 Å². The van der Waals surface area contributed by atoms with Gasteiger partial charge in [0, 0.05) is 25.1 Å². The molecule has 0 aromatic carbocycles. The largest absolute Gasteiger partial charge is 0.480 e. The van der Waals surface area contributed by atoms with Crippen molar-refractivity contribution >= 4 is 23.8 Å². The molecule has 1 unspecified atom stereocenters. The van der Waals surface area contributed by atoms with Crippen LogP contribution in [0.5, 0.6) is 0 Å². The Morgan fingerprint density at radius 1 is 1.68 bits per heavy atom. The lowest BCUT2D eigenvalue weighted by molar-refractivity contribution is -0.141. The van der Waals surface area contributed by atoms with Crippen molar-refractivity contribution in [3.05, 3.63) is 12.2 Å². The normalized spacial score (nSPS) is 19.2. The van der Waals surface area contributed by atoms with Crippen LogP contribution < -0.4 is 0 Å². The first-order valence-electron chi connectivity index (χ1n) is 5.76. The number of H-pyrrole nitrogens is 1. The van der Waals surface area contributed by atoms with Crippen molar-refractivity contribution in [1.82, 2.24) is 25.0 Å². The second-order valence-electron chi connectivity index (χ2n) is 4.19. The van der Waals surface area contributed by atoms with E-state index in [2.05, 4.69) is 15.2 Å². The summed E-state index contributed by atoms with van der Waals surface area (Å²) in [6.07, 6.45) is 1.37. The van der Waals surface area contributed by atoms with Gasteiger partial charge < -0.3 is 14.9 Å². The maximum Gasteiger partial charge on any atom is 0.327 e. The summed E-state index contributed by atoms with van der Waals surface area (Å²) in [5.74, 6) is 0.783. The molecule has 1 aromatic heterocycles. The second kappa shape index (κ2) is 5.91. The highest BCUT2D eigenvalue weighted by atomic mass is 32.2. The van der Waals surface area contributed by atoms with E-state index in [0.717, 1.165) is 5.75 Å². The van der Waals surface area contributed by atoms with Crippen molar-refractivity contribution in [3.8, 4) is 0 Å². The standard InChI is InChI=1S/C10H15N5O3S/c1-14(4-8-11-6-12-13-8)10(18)15-2-3-19-5-7(15)9(16)17/h6-7H,2-5H2,1H3,(H,16,17)(H,11,12,13). The third-order valence-corrected chi connectivity index (χ3v) is 3.86. The Morgan fingerprint density at radius 3 is 3.11 bits per heavy atom. The van der Waals surface area contributed by atoms with Crippen molar-refractivity contribution in [3.63, 3.8) is 0 Å². The molecule has 0 bridgehead atoms. The van der Waals surface area contributed by atoms with Gasteiger partial charge in [-0.3, -0.25) is 5.10 Å². The van der Waals surface area contributed by atoms with Gasteiger partial charge in [0.1, 0.15) is 18.2 Å². The lowest BCUT2D eigenvalue weighted by Crippen LogP contribution is -2.54. The van der Waals surface area contributed by atoms with Crippen molar-refractivity contribution in [2.24, 2.45) is 0 Å². The molecular weight excluding hydrogens is 270 g/mol. The summed E-state index contributed by atoms with van der Waals surface area (Å²) in [5.41, 5.74) is 0. The molecule has 2 N–H and O–H groups in total. The number of hydrogen-bond acceptors (Lipinski definition) is 5. The summed E-state index contributed by atoms with van der Waals surface area (Å²) in [5, 5.41) is 15.5. The number of aromatic nitrogens is 3. The minimum Gasteiger partial charge on any atom is -0.480 e. The number of carboxylic acids is 1. The highest BCUT2D eigenvalue weighted by Gasteiger charge is 2.33. The zero-order valence-electron chi connectivity index (χ0n) is 10.4. The maximum atomic E-state index is 12.3. The predicted molar refractivity (Wildman–Crippen MR) is 68.7 cm³/mol. The second-order valence-corrected chi connectivity index (χ2v) is 5.34. The van der Waals surface area contributed by atoms with Crippen molar-refractivity contribution < 1.29 is 14.7 Å². The predicted octanol–water partition coefficient (Wildman–Crippen LogP) is -0.141. The molecule has 8 nitrogen and oxygen atoms in total. The van der Waals surface area contributed by atoms with Gasteiger partial charge in [0.05, 0.1) is 6.54 Å². The number of nitrogens with zero attached hydrogens (tertiary/aromatic N) is 4. The van der Waals surface area contributed by atoms with Crippen LogP contribution in [-0.2, 0) is 11.3 Å². The van der Waals surface area contributed by atoms with Gasteiger partial charge in [-0.2, -0.15) is 16.9 Å². The van der Waals surface area contributed by atoms with E-state index in [-0.39, 0.29) is 12.6 Å². The smallest absolute Gasteiger partial charge is 0.327 e. The average molecular weight is 285 g/mol. The first kappa shape index (κ1) is 13.7. The first-order valence-corrected chi connectivity index (χ1v) is 6.91. The number of amides is 2. The van der Waals surface area contributed by atoms with Crippen LogP contribution >= 0.6 is 11.8 Å². The van der Waals surface area contributed by atoms with E-state index in [1.54, 1.807) is 18.8 Å². The molecule has 104 valence electrons. The molecule has 2 heterocycles. The van der Waals surface area contributed by atoms with Crippen LogP contribution in [0.4, 0.5) is 4.79 Å². The molecule has 2 amide bonds. The van der Waals surface area contributed by atoms with Crippen LogP contribution in [0.3, 0.4) is 0 Å². The molecule has 2 rings (SSSR count). The van der Waals surface area contributed by atoms with Crippen LogP contribution in [0.1, 0.15) is 5.82 Å². The molecular formula is C10H15N5O3S. The van der Waals surface area contributed by atoms with Crippen LogP contribution in [0.25, 0.3) is 0 Å². The highest BCUT2D eigenvalue weighted by molar-refractivity contribution is 7.99. The molecule has 1 fully saturated rings. The number of urea groups is 1. The van der Waals surface area contributed by atoms with Gasteiger partial charge in [0.15, 0.2) is 0 Å². The molecule has 1 saturated heterocycles. The van der Waals surface area contributed by atoms with E-state index in [4.69, 9.17) is 5.11 Å². The Morgan fingerprint density at radius 2 is 2.47 bits per heavy atom. The average Bonchev–Trinajstić information content (AvgIpc) is 2.90. The number of aromatic amines is 1. The van der Waals surface area contributed by atoms with Crippen LogP contribution in [0.15, 0.2) is 6.33 Å². The van der Waals surface area contributed by atoms with Gasteiger partial charge in [-0.25, -0.2) is 14.6 Å². The number of rotatable bonds is 3. The quantitative estimate of drug-likeness (QED) is 0.801. The summed E-state index contributed by atoms with van der Waals surface area (Å²) in [4.78, 5) is 30.2. The van der Waals surface area contributed by atoms with Gasteiger partial charge in [-0.15, -0.1) is 0 Å². The van der Waals surface area contributed by atoms with Crippen molar-refractivity contribution in [2.45, 2.75) is 12.6 Å². The summed E-state index contributed by atoms with van der Waals surface area (Å²) in [6, 6.07) is -1.06. The molecule has 1 aliphatic heterocycles. The molecule has 1 aromatic rings. The number of aliphatic carboxylic acids is 1. The number of nitrogens with one attached hydrogen (secondary N) is 1. The van der Waals surface area contributed by atoms with Crippen LogP contribution in [0, 0.1) is 0 Å². The monoisotopic (exact) mass is 285 g/mol. The van der Waals surface area contributed by atoms with Gasteiger partial charge in [0.2, 0.25) is 0 Å². The Hall–Kier alpha value is -1.77. The molecule has 9 heteroatoms. The minimum absolute atomic E-state index is 0.273. The maximum absolute atomic E-state index is 12.3. The first-order chi connectivity index (χ1) is 9.09. The molecule has 0 saturated carbocycles. The van der Waals surface area contributed by atoms with E-state index in [0.29, 0.717) is 18.1 Å². The Kier molecular flexibility index (Phi) is 4.25. The van der Waals surface area contributed by atoms with Crippen LogP contribution in [0.2, 0.25) is 0 Å². The molecule has 19 heavy (non-hydrogen) atoms. The third kappa shape index (κ3) is 3.16. The fourth-order valence-electron chi connectivity index (χ4n) is 1.86. The van der Waals surface area contributed by atoms with Gasteiger partial charge in [-0.05, 0) is 0 Å². The number of thioether (sulfide) groups is 1. The Bertz CT molecular complexity index is 452. The van der Waals surface area contributed by atoms with E-state index in [1.165, 1.54) is 16.1 Å². The van der Waals surface area contributed by atoms with E-state index < -0.39 is 12.0 Å². The lowest BCUT2D eigenvalue weighted by Gasteiger charge is -2.35. The SMILES string of the molecule is CN(Cc1ncn[nH]1)C(=O)N1CCSCC1C(=O)O. The zero-order valence-corrected chi connectivity index (χ0v) is 11.3.